The third kappa shape index (κ3) is 10.2. The number of piperidine rings is 2. The molecule has 0 aromatic heterocycles. The van der Waals surface area contributed by atoms with Crippen LogP contribution in [0, 0.1) is 5.92 Å². The zero-order chi connectivity index (χ0) is 39.5. The average molecular weight is 747 g/mol. The van der Waals surface area contributed by atoms with Crippen LogP contribution in [0.3, 0.4) is 0 Å². The van der Waals surface area contributed by atoms with Gasteiger partial charge >= 0.3 is 5.97 Å². The molecule has 294 valence electrons. The monoisotopic (exact) mass is 746 g/mol. The van der Waals surface area contributed by atoms with E-state index in [0.717, 1.165) is 22.4 Å². The molecule has 1 unspecified atom stereocenters. The van der Waals surface area contributed by atoms with E-state index in [1.807, 2.05) is 74.5 Å². The molecule has 2 aromatic carbocycles. The van der Waals surface area contributed by atoms with E-state index < -0.39 is 59.9 Å². The third-order valence-electron chi connectivity index (χ3n) is 11.2. The Balaban J connectivity index is 1.56. The quantitative estimate of drug-likeness (QED) is 0.250. The smallest absolute Gasteiger partial charge is 0.326 e. The van der Waals surface area contributed by atoms with Gasteiger partial charge in [-0.3, -0.25) is 24.0 Å². The van der Waals surface area contributed by atoms with Crippen LogP contribution in [0.2, 0.25) is 0 Å². The Labute approximate surface area is 319 Å². The van der Waals surface area contributed by atoms with Crippen molar-refractivity contribution in [1.82, 2.24) is 24.9 Å². The number of aliphatic carboxylic acids is 1. The lowest BCUT2D eigenvalue weighted by Crippen LogP contribution is -2.63. The van der Waals surface area contributed by atoms with Gasteiger partial charge < -0.3 is 35.8 Å². The molecular weight excluding hydrogens is 688 g/mol. The van der Waals surface area contributed by atoms with Crippen molar-refractivity contribution < 1.29 is 33.9 Å². The standard InChI is InChI=1S/C41H58N6O7/c1-6-27(2)35(43-36(48)31(42)25-29-17-9-7-10-18-29)40(52)47-24-16-14-22-33(47)39(51)46-23-15-13-21-32(46)37(49)45(5)34(26-30-19-11-8-12-20-30)38(50)44(4)28(3)41(53)54/h7-12,17-20,27-28,31-35H,6,13-16,21-26,42H2,1-5H3,(H,43,48)(H,53,54)/t27?,28-,31+,32-,33+,34+,35-/m0/s1. The van der Waals surface area contributed by atoms with E-state index in [9.17, 15) is 33.9 Å². The number of nitrogens with one attached hydrogen (secondary N) is 1. The van der Waals surface area contributed by atoms with Gasteiger partial charge in [0.2, 0.25) is 29.5 Å². The van der Waals surface area contributed by atoms with Crippen LogP contribution in [-0.4, -0.2) is 124 Å². The maximum Gasteiger partial charge on any atom is 0.326 e. The molecule has 0 radical (unpaired) electrons. The molecule has 5 amide bonds. The van der Waals surface area contributed by atoms with Crippen molar-refractivity contribution >= 4 is 35.5 Å². The number of carbonyl (C=O) groups is 6. The van der Waals surface area contributed by atoms with E-state index >= 15 is 0 Å². The lowest BCUT2D eigenvalue weighted by Gasteiger charge is -2.44. The highest BCUT2D eigenvalue weighted by atomic mass is 16.4. The molecule has 2 aromatic rings. The number of nitrogens with two attached hydrogens (primary N) is 1. The van der Waals surface area contributed by atoms with Crippen molar-refractivity contribution in [3.8, 4) is 0 Å². The fourth-order valence-corrected chi connectivity index (χ4v) is 7.39. The van der Waals surface area contributed by atoms with Crippen LogP contribution in [-0.2, 0) is 41.6 Å². The van der Waals surface area contributed by atoms with Crippen LogP contribution in [0.25, 0.3) is 0 Å². The number of hydrogen-bond donors (Lipinski definition) is 3. The number of rotatable bonds is 15. The zero-order valence-electron chi connectivity index (χ0n) is 32.4. The average Bonchev–Trinajstić information content (AvgIpc) is 3.20. The molecule has 0 spiro atoms. The van der Waals surface area contributed by atoms with Crippen LogP contribution < -0.4 is 11.1 Å². The molecule has 2 fully saturated rings. The molecule has 13 nitrogen and oxygen atoms in total. The minimum atomic E-state index is -1.17. The van der Waals surface area contributed by atoms with E-state index in [0.29, 0.717) is 58.0 Å². The van der Waals surface area contributed by atoms with E-state index in [-0.39, 0.29) is 24.2 Å². The summed E-state index contributed by atoms with van der Waals surface area (Å²) in [5, 5.41) is 12.6. The second kappa shape index (κ2) is 19.5. The third-order valence-corrected chi connectivity index (χ3v) is 11.2. The first-order chi connectivity index (χ1) is 25.8. The molecule has 0 aliphatic carbocycles. The number of nitrogens with zero attached hydrogens (tertiary/aromatic N) is 4. The lowest BCUT2D eigenvalue weighted by molar-refractivity contribution is -0.158. The highest BCUT2D eigenvalue weighted by molar-refractivity contribution is 5.96. The fourth-order valence-electron chi connectivity index (χ4n) is 7.39. The normalized spacial score (nSPS) is 20.1. The topological polar surface area (TPSA) is 174 Å². The van der Waals surface area contributed by atoms with Crippen LogP contribution in [0.1, 0.15) is 76.8 Å². The first kappa shape index (κ1) is 42.0. The molecule has 2 aliphatic heterocycles. The summed E-state index contributed by atoms with van der Waals surface area (Å²) in [4.78, 5) is 88.0. The molecule has 0 bridgehead atoms. The summed E-state index contributed by atoms with van der Waals surface area (Å²) in [5.74, 6) is -3.45. The summed E-state index contributed by atoms with van der Waals surface area (Å²) >= 11 is 0. The summed E-state index contributed by atoms with van der Waals surface area (Å²) in [6.07, 6.45) is 4.66. The maximum atomic E-state index is 14.6. The van der Waals surface area contributed by atoms with Gasteiger partial charge in [-0.05, 0) is 68.9 Å². The number of carboxylic acid groups (broad SMARTS) is 1. The predicted molar refractivity (Wildman–Crippen MR) is 205 cm³/mol. The summed E-state index contributed by atoms with van der Waals surface area (Å²) in [6, 6.07) is 13.0. The van der Waals surface area contributed by atoms with E-state index in [2.05, 4.69) is 5.32 Å². The van der Waals surface area contributed by atoms with Crippen LogP contribution >= 0.6 is 0 Å². The molecule has 13 heteroatoms. The van der Waals surface area contributed by atoms with E-state index in [4.69, 9.17) is 5.73 Å². The van der Waals surface area contributed by atoms with Gasteiger partial charge in [0.1, 0.15) is 30.2 Å². The van der Waals surface area contributed by atoms with Gasteiger partial charge in [0.05, 0.1) is 6.04 Å². The van der Waals surface area contributed by atoms with Crippen molar-refractivity contribution in [3.05, 3.63) is 71.8 Å². The number of hydrogen-bond acceptors (Lipinski definition) is 7. The number of carboxylic acids is 1. The Morgan fingerprint density at radius 3 is 1.89 bits per heavy atom. The molecule has 7 atom stereocenters. The second-order valence-corrected chi connectivity index (χ2v) is 14.9. The lowest BCUT2D eigenvalue weighted by atomic mass is 9.92. The molecule has 2 saturated heterocycles. The molecule has 2 aliphatic rings. The molecule has 0 saturated carbocycles. The Hall–Kier alpha value is -4.78. The Morgan fingerprint density at radius 2 is 1.33 bits per heavy atom. The maximum absolute atomic E-state index is 14.6. The SMILES string of the molecule is CCC(C)[C@H](NC(=O)[C@H](N)Cc1ccccc1)C(=O)N1CCCC[C@@H]1C(=O)N1CCCC[C@H]1C(=O)N(C)[C@H](Cc1ccccc1)C(=O)N(C)[C@@H](C)C(=O)O. The van der Waals surface area contributed by atoms with Gasteiger partial charge in [0.15, 0.2) is 0 Å². The van der Waals surface area contributed by atoms with Crippen molar-refractivity contribution in [3.63, 3.8) is 0 Å². The number of carbonyl (C=O) groups excluding carboxylic acids is 5. The summed E-state index contributed by atoms with van der Waals surface area (Å²) in [6.45, 7) is 5.90. The summed E-state index contributed by atoms with van der Waals surface area (Å²) < 4.78 is 0. The van der Waals surface area contributed by atoms with Gasteiger partial charge in [-0.25, -0.2) is 4.79 Å². The van der Waals surface area contributed by atoms with Gasteiger partial charge in [0, 0.05) is 33.6 Å². The van der Waals surface area contributed by atoms with Crippen molar-refractivity contribution in [2.45, 2.75) is 115 Å². The highest BCUT2D eigenvalue weighted by Gasteiger charge is 2.44. The Morgan fingerprint density at radius 1 is 0.796 bits per heavy atom. The van der Waals surface area contributed by atoms with Gasteiger partial charge in [-0.15, -0.1) is 0 Å². The fraction of sp³-hybridized carbons (Fsp3) is 0.561. The summed E-state index contributed by atoms with van der Waals surface area (Å²) in [5.41, 5.74) is 8.00. The van der Waals surface area contributed by atoms with E-state index in [1.54, 1.807) is 9.80 Å². The first-order valence-electron chi connectivity index (χ1n) is 19.3. The van der Waals surface area contributed by atoms with Crippen LogP contribution in [0.15, 0.2) is 60.7 Å². The molecule has 4 rings (SSSR count). The largest absolute Gasteiger partial charge is 0.480 e. The molecule has 54 heavy (non-hydrogen) atoms. The van der Waals surface area contributed by atoms with Crippen LogP contribution in [0.5, 0.6) is 0 Å². The Bertz CT molecular complexity index is 1610. The molecular formula is C41H58N6O7. The van der Waals surface area contributed by atoms with Gasteiger partial charge in [0.25, 0.3) is 0 Å². The number of likely N-dealkylation sites (tertiary alicyclic amines) is 2. The molecule has 4 N–H and O–H groups in total. The molecule has 2 heterocycles. The number of benzene rings is 2. The van der Waals surface area contributed by atoms with E-state index in [1.165, 1.54) is 25.9 Å². The van der Waals surface area contributed by atoms with Gasteiger partial charge in [-0.1, -0.05) is 80.9 Å². The van der Waals surface area contributed by atoms with Crippen molar-refractivity contribution in [1.29, 1.82) is 0 Å². The minimum absolute atomic E-state index is 0.155. The number of amides is 5. The van der Waals surface area contributed by atoms with Crippen LogP contribution in [0.4, 0.5) is 0 Å². The van der Waals surface area contributed by atoms with Crippen molar-refractivity contribution in [2.75, 3.05) is 27.2 Å². The van der Waals surface area contributed by atoms with Gasteiger partial charge in [-0.2, -0.15) is 0 Å². The first-order valence-corrected chi connectivity index (χ1v) is 19.3. The highest BCUT2D eigenvalue weighted by Crippen LogP contribution is 2.27. The minimum Gasteiger partial charge on any atom is -0.480 e. The predicted octanol–water partition coefficient (Wildman–Crippen LogP) is 2.85. The second-order valence-electron chi connectivity index (χ2n) is 14.9. The zero-order valence-corrected chi connectivity index (χ0v) is 32.4. The Kier molecular flexibility index (Phi) is 15.2. The summed E-state index contributed by atoms with van der Waals surface area (Å²) in [7, 11) is 2.94. The van der Waals surface area contributed by atoms with Crippen molar-refractivity contribution in [2.24, 2.45) is 11.7 Å². The number of likely N-dealkylation sites (N-methyl/N-ethyl adjacent to an activating group) is 2.